The van der Waals surface area contributed by atoms with Gasteiger partial charge in [-0.05, 0) is 30.7 Å². The second-order valence-electron chi connectivity index (χ2n) is 6.00. The number of alkyl halides is 3. The van der Waals surface area contributed by atoms with Crippen LogP contribution in [0.25, 0.3) is 11.4 Å². The molecule has 3 aromatic rings. The van der Waals surface area contributed by atoms with Crippen LogP contribution in [0.15, 0.2) is 46.6 Å². The fourth-order valence-corrected chi connectivity index (χ4v) is 3.26. The third kappa shape index (κ3) is 4.48. The summed E-state index contributed by atoms with van der Waals surface area (Å²) in [7, 11) is 0. The molecule has 0 bridgehead atoms. The molecule has 0 aliphatic rings. The molecule has 0 aliphatic heterocycles. The minimum absolute atomic E-state index is 0.125. The normalized spacial score (nSPS) is 12.8. The zero-order chi connectivity index (χ0) is 20.5. The minimum atomic E-state index is -4.44. The second kappa shape index (κ2) is 7.84. The predicted molar refractivity (Wildman–Crippen MR) is 99.5 cm³/mol. The third-order valence-corrected chi connectivity index (χ3v) is 5.03. The van der Waals surface area contributed by atoms with Crippen molar-refractivity contribution in [3.8, 4) is 11.4 Å². The molecule has 1 unspecified atom stereocenters. The van der Waals surface area contributed by atoms with E-state index in [4.69, 9.17) is 11.6 Å². The summed E-state index contributed by atoms with van der Waals surface area (Å²) in [5, 5.41) is 5.86. The van der Waals surface area contributed by atoms with Gasteiger partial charge in [-0.1, -0.05) is 23.7 Å². The Bertz CT molecular complexity index is 1060. The molecule has 10 heteroatoms. The van der Waals surface area contributed by atoms with E-state index >= 15 is 0 Å². The lowest BCUT2D eigenvalue weighted by Gasteiger charge is -2.14. The predicted octanol–water partition coefficient (Wildman–Crippen LogP) is 4.41. The second-order valence-corrected chi connectivity index (χ2v) is 7.44. The number of rotatable bonds is 5. The molecular weight excluding hydrogens is 415 g/mol. The van der Waals surface area contributed by atoms with Gasteiger partial charge in [0.05, 0.1) is 5.56 Å². The molecular formula is C18H13ClF3N3O2S. The fourth-order valence-electron chi connectivity index (χ4n) is 2.51. The SMILES string of the molecule is CC(C(=O)Cc1ccc(C(F)(F)F)cc1)n1nc(-c2csc(Cl)n2)ccc1=O. The largest absolute Gasteiger partial charge is 0.416 e. The van der Waals surface area contributed by atoms with E-state index < -0.39 is 23.3 Å². The lowest BCUT2D eigenvalue weighted by molar-refractivity contribution is -0.137. The van der Waals surface area contributed by atoms with Crippen molar-refractivity contribution in [3.05, 3.63) is 67.7 Å². The van der Waals surface area contributed by atoms with Gasteiger partial charge < -0.3 is 0 Å². The first-order valence-electron chi connectivity index (χ1n) is 8.05. The van der Waals surface area contributed by atoms with Gasteiger partial charge in [0.2, 0.25) is 0 Å². The van der Waals surface area contributed by atoms with Crippen LogP contribution in [-0.4, -0.2) is 20.5 Å². The van der Waals surface area contributed by atoms with Crippen LogP contribution in [-0.2, 0) is 17.4 Å². The van der Waals surface area contributed by atoms with Crippen LogP contribution in [0.1, 0.15) is 24.1 Å². The van der Waals surface area contributed by atoms with E-state index in [9.17, 15) is 22.8 Å². The number of hydrogen-bond acceptors (Lipinski definition) is 5. The first kappa shape index (κ1) is 20.2. The molecule has 0 amide bonds. The van der Waals surface area contributed by atoms with Gasteiger partial charge in [-0.25, -0.2) is 9.67 Å². The summed E-state index contributed by atoms with van der Waals surface area (Å²) in [5.74, 6) is -0.359. The van der Waals surface area contributed by atoms with Crippen molar-refractivity contribution in [1.82, 2.24) is 14.8 Å². The van der Waals surface area contributed by atoms with Gasteiger partial charge in [0.15, 0.2) is 10.3 Å². The highest BCUT2D eigenvalue weighted by Crippen LogP contribution is 2.29. The molecule has 5 nitrogen and oxygen atoms in total. The third-order valence-electron chi connectivity index (χ3n) is 4.06. The van der Waals surface area contributed by atoms with Gasteiger partial charge >= 0.3 is 6.18 Å². The molecule has 0 spiro atoms. The van der Waals surface area contributed by atoms with Gasteiger partial charge in [-0.2, -0.15) is 18.3 Å². The van der Waals surface area contributed by atoms with Crippen molar-refractivity contribution in [2.45, 2.75) is 25.6 Å². The number of ketones is 1. The Morgan fingerprint density at radius 1 is 1.18 bits per heavy atom. The Labute approximate surface area is 166 Å². The van der Waals surface area contributed by atoms with Crippen LogP contribution in [0.3, 0.4) is 0 Å². The molecule has 146 valence electrons. The number of nitrogens with zero attached hydrogens (tertiary/aromatic N) is 3. The molecule has 1 atom stereocenters. The van der Waals surface area contributed by atoms with Crippen molar-refractivity contribution in [2.75, 3.05) is 0 Å². The molecule has 3 rings (SSSR count). The van der Waals surface area contributed by atoms with E-state index in [0.717, 1.165) is 16.8 Å². The zero-order valence-electron chi connectivity index (χ0n) is 14.4. The number of hydrogen-bond donors (Lipinski definition) is 0. The van der Waals surface area contributed by atoms with Crippen LogP contribution in [0.2, 0.25) is 4.47 Å². The zero-order valence-corrected chi connectivity index (χ0v) is 16.0. The molecule has 0 radical (unpaired) electrons. The molecule has 28 heavy (non-hydrogen) atoms. The Morgan fingerprint density at radius 3 is 2.43 bits per heavy atom. The average molecular weight is 428 g/mol. The number of aromatic nitrogens is 3. The van der Waals surface area contributed by atoms with E-state index in [0.29, 0.717) is 21.4 Å². The molecule has 2 aromatic heterocycles. The van der Waals surface area contributed by atoms with Crippen molar-refractivity contribution < 1.29 is 18.0 Å². The van der Waals surface area contributed by atoms with Crippen LogP contribution in [0.4, 0.5) is 13.2 Å². The Hall–Kier alpha value is -2.52. The molecule has 0 fully saturated rings. The highest BCUT2D eigenvalue weighted by Gasteiger charge is 2.30. The first-order chi connectivity index (χ1) is 13.1. The van der Waals surface area contributed by atoms with E-state index in [1.807, 2.05) is 0 Å². The monoisotopic (exact) mass is 427 g/mol. The van der Waals surface area contributed by atoms with Crippen molar-refractivity contribution in [3.63, 3.8) is 0 Å². The van der Waals surface area contributed by atoms with E-state index in [1.165, 1.54) is 42.5 Å². The van der Waals surface area contributed by atoms with Gasteiger partial charge in [-0.3, -0.25) is 9.59 Å². The summed E-state index contributed by atoms with van der Waals surface area (Å²) in [5.41, 5.74) is 0.0195. The number of benzene rings is 1. The quantitative estimate of drug-likeness (QED) is 0.605. The number of halogens is 4. The smallest absolute Gasteiger partial charge is 0.297 e. The number of carbonyl (C=O) groups is 1. The van der Waals surface area contributed by atoms with Gasteiger partial charge in [-0.15, -0.1) is 11.3 Å². The maximum absolute atomic E-state index is 12.6. The summed E-state index contributed by atoms with van der Waals surface area (Å²) in [6.45, 7) is 1.51. The van der Waals surface area contributed by atoms with Crippen LogP contribution in [0.5, 0.6) is 0 Å². The lowest BCUT2D eigenvalue weighted by Crippen LogP contribution is -2.30. The summed E-state index contributed by atoms with van der Waals surface area (Å²) >= 11 is 7.02. The Kier molecular flexibility index (Phi) is 5.66. The van der Waals surface area contributed by atoms with E-state index in [-0.39, 0.29) is 12.2 Å². The van der Waals surface area contributed by atoms with Gasteiger partial charge in [0.1, 0.15) is 17.4 Å². The van der Waals surface area contributed by atoms with E-state index in [1.54, 1.807) is 5.38 Å². The first-order valence-corrected chi connectivity index (χ1v) is 9.31. The fraction of sp³-hybridized carbons (Fsp3) is 0.222. The number of Topliss-reactive ketones (excluding diaryl/α,β-unsaturated/α-hetero) is 1. The maximum Gasteiger partial charge on any atom is 0.416 e. The average Bonchev–Trinajstić information content (AvgIpc) is 3.07. The number of thiazole rings is 1. The Morgan fingerprint density at radius 2 is 1.86 bits per heavy atom. The molecule has 1 aromatic carbocycles. The van der Waals surface area contributed by atoms with E-state index in [2.05, 4.69) is 10.1 Å². The Balaban J connectivity index is 1.80. The van der Waals surface area contributed by atoms with Crippen LogP contribution >= 0.6 is 22.9 Å². The van der Waals surface area contributed by atoms with Gasteiger partial charge in [0.25, 0.3) is 5.56 Å². The van der Waals surface area contributed by atoms with Crippen molar-refractivity contribution in [1.29, 1.82) is 0 Å². The molecule has 0 N–H and O–H groups in total. The topological polar surface area (TPSA) is 64.8 Å². The summed E-state index contributed by atoms with van der Waals surface area (Å²) in [6, 6.07) is 6.20. The van der Waals surface area contributed by atoms with Crippen LogP contribution < -0.4 is 5.56 Å². The molecule has 2 heterocycles. The van der Waals surface area contributed by atoms with Gasteiger partial charge in [0, 0.05) is 17.9 Å². The lowest BCUT2D eigenvalue weighted by atomic mass is 10.0. The molecule has 0 saturated heterocycles. The van der Waals surface area contributed by atoms with Crippen molar-refractivity contribution >= 4 is 28.7 Å². The maximum atomic E-state index is 12.6. The molecule has 0 saturated carbocycles. The minimum Gasteiger partial charge on any atom is -0.297 e. The van der Waals surface area contributed by atoms with Crippen molar-refractivity contribution in [2.24, 2.45) is 0 Å². The van der Waals surface area contributed by atoms with Crippen LogP contribution in [0, 0.1) is 0 Å². The molecule has 0 aliphatic carbocycles. The summed E-state index contributed by atoms with van der Waals surface area (Å²) in [4.78, 5) is 28.8. The summed E-state index contributed by atoms with van der Waals surface area (Å²) in [6.07, 6.45) is -4.56. The summed E-state index contributed by atoms with van der Waals surface area (Å²) < 4.78 is 39.2. The highest BCUT2D eigenvalue weighted by atomic mass is 35.5. The highest BCUT2D eigenvalue weighted by molar-refractivity contribution is 7.14. The number of carbonyl (C=O) groups excluding carboxylic acids is 1. The standard InChI is InChI=1S/C18H13ClF3N3O2S/c1-10(15(26)8-11-2-4-12(5-3-11)18(20,21)22)25-16(27)7-6-13(24-25)14-9-28-17(19)23-14/h2-7,9-10H,8H2,1H3.